The summed E-state index contributed by atoms with van der Waals surface area (Å²) in [5.74, 6) is 1.09. The molecule has 0 radical (unpaired) electrons. The number of imidazole rings is 1. The monoisotopic (exact) mass is 301 g/mol. The third-order valence-electron chi connectivity index (χ3n) is 4.44. The van der Waals surface area contributed by atoms with Gasteiger partial charge in [-0.25, -0.2) is 4.98 Å². The maximum atomic E-state index is 4.55. The number of hydrogen-bond donors (Lipinski definition) is 0. The lowest BCUT2D eigenvalue weighted by atomic mass is 10.1. The molecule has 21 heavy (non-hydrogen) atoms. The average Bonchev–Trinajstić information content (AvgIpc) is 3.14. The summed E-state index contributed by atoms with van der Waals surface area (Å²) in [7, 11) is 2.24. The smallest absolute Gasteiger partial charge is 0.139 e. The van der Waals surface area contributed by atoms with Gasteiger partial charge in [-0.2, -0.15) is 0 Å². The molecule has 2 aromatic rings. The fourth-order valence-electron chi connectivity index (χ4n) is 3.12. The van der Waals surface area contributed by atoms with Crippen LogP contribution in [0, 0.1) is 0 Å². The van der Waals surface area contributed by atoms with Gasteiger partial charge in [0.1, 0.15) is 5.82 Å². The van der Waals surface area contributed by atoms with Gasteiger partial charge in [0.25, 0.3) is 0 Å². The largest absolute Gasteiger partial charge is 0.331 e. The molecule has 0 N–H and O–H groups in total. The zero-order valence-corrected chi connectivity index (χ0v) is 13.6. The zero-order chi connectivity index (χ0) is 14.7. The first-order chi connectivity index (χ1) is 10.3. The van der Waals surface area contributed by atoms with E-state index < -0.39 is 0 Å². The first kappa shape index (κ1) is 14.7. The summed E-state index contributed by atoms with van der Waals surface area (Å²) >= 11 is 1.77. The van der Waals surface area contributed by atoms with E-state index in [1.54, 1.807) is 11.8 Å². The van der Waals surface area contributed by atoms with Crippen LogP contribution in [0.25, 0.3) is 11.4 Å². The van der Waals surface area contributed by atoms with Gasteiger partial charge in [-0.3, -0.25) is 0 Å². The molecule has 0 spiro atoms. The van der Waals surface area contributed by atoms with Crippen LogP contribution in [0.4, 0.5) is 0 Å². The highest BCUT2D eigenvalue weighted by Crippen LogP contribution is 2.23. The predicted octanol–water partition coefficient (Wildman–Crippen LogP) is 3.76. The van der Waals surface area contributed by atoms with Crippen LogP contribution in [-0.2, 0) is 6.54 Å². The fourth-order valence-corrected chi connectivity index (χ4v) is 3.53. The minimum absolute atomic E-state index is 0.735. The van der Waals surface area contributed by atoms with Crippen LogP contribution in [0.15, 0.2) is 41.6 Å². The molecule has 4 heteroatoms. The Morgan fingerprint density at radius 1 is 1.29 bits per heavy atom. The highest BCUT2D eigenvalue weighted by Gasteiger charge is 2.20. The summed E-state index contributed by atoms with van der Waals surface area (Å²) in [6.07, 6.45) is 10.0. The lowest BCUT2D eigenvalue weighted by Crippen LogP contribution is -2.26. The molecule has 0 aliphatic carbocycles. The van der Waals surface area contributed by atoms with Crippen LogP contribution in [-0.4, -0.2) is 40.3 Å². The zero-order valence-electron chi connectivity index (χ0n) is 12.8. The Kier molecular flexibility index (Phi) is 4.66. The van der Waals surface area contributed by atoms with Crippen LogP contribution in [0.1, 0.15) is 19.3 Å². The molecule has 0 saturated carbocycles. The molecule has 1 unspecified atom stereocenters. The van der Waals surface area contributed by atoms with E-state index in [1.807, 2.05) is 6.20 Å². The Morgan fingerprint density at radius 2 is 2.10 bits per heavy atom. The molecule has 1 saturated heterocycles. The van der Waals surface area contributed by atoms with E-state index in [0.717, 1.165) is 18.4 Å². The van der Waals surface area contributed by atoms with Crippen molar-refractivity contribution >= 4 is 11.8 Å². The first-order valence-electron chi connectivity index (χ1n) is 7.64. The molecule has 0 bridgehead atoms. The number of hydrogen-bond acceptors (Lipinski definition) is 3. The van der Waals surface area contributed by atoms with E-state index in [2.05, 4.69) is 58.2 Å². The van der Waals surface area contributed by atoms with Crippen molar-refractivity contribution in [1.29, 1.82) is 0 Å². The van der Waals surface area contributed by atoms with Gasteiger partial charge in [0.15, 0.2) is 0 Å². The standard InChI is InChI=1S/C17H23N3S/c1-19-11-3-4-15(19)9-12-20-13-10-18-17(20)14-5-7-16(21-2)8-6-14/h5-8,10,13,15H,3-4,9,11-12H2,1-2H3. The first-order valence-corrected chi connectivity index (χ1v) is 8.86. The molecular weight excluding hydrogens is 278 g/mol. The summed E-state index contributed by atoms with van der Waals surface area (Å²) in [4.78, 5) is 8.33. The van der Waals surface area contributed by atoms with Gasteiger partial charge in [-0.15, -0.1) is 11.8 Å². The summed E-state index contributed by atoms with van der Waals surface area (Å²) in [6, 6.07) is 9.42. The SMILES string of the molecule is CSc1ccc(-c2nccn2CCC2CCCN2C)cc1. The second kappa shape index (κ2) is 6.67. The molecule has 2 heterocycles. The topological polar surface area (TPSA) is 21.1 Å². The van der Waals surface area contributed by atoms with E-state index in [4.69, 9.17) is 0 Å². The van der Waals surface area contributed by atoms with Gasteiger partial charge < -0.3 is 9.47 Å². The van der Waals surface area contributed by atoms with Gasteiger partial charge in [0.2, 0.25) is 0 Å². The number of rotatable bonds is 5. The number of aromatic nitrogens is 2. The Bertz CT molecular complexity index is 576. The lowest BCUT2D eigenvalue weighted by Gasteiger charge is -2.20. The number of benzene rings is 1. The van der Waals surface area contributed by atoms with Crippen LogP contribution in [0.2, 0.25) is 0 Å². The quantitative estimate of drug-likeness (QED) is 0.785. The molecule has 0 amide bonds. The van der Waals surface area contributed by atoms with Crippen molar-refractivity contribution in [1.82, 2.24) is 14.5 Å². The van der Waals surface area contributed by atoms with Crippen molar-refractivity contribution < 1.29 is 0 Å². The maximum Gasteiger partial charge on any atom is 0.139 e. The van der Waals surface area contributed by atoms with Gasteiger partial charge in [0, 0.05) is 35.4 Å². The second-order valence-electron chi connectivity index (χ2n) is 5.74. The molecule has 1 atom stereocenters. The van der Waals surface area contributed by atoms with E-state index in [1.165, 1.54) is 36.3 Å². The van der Waals surface area contributed by atoms with Gasteiger partial charge >= 0.3 is 0 Å². The van der Waals surface area contributed by atoms with Crippen LogP contribution < -0.4 is 0 Å². The van der Waals surface area contributed by atoms with E-state index in [-0.39, 0.29) is 0 Å². The molecule has 1 aromatic heterocycles. The van der Waals surface area contributed by atoms with Gasteiger partial charge in [0.05, 0.1) is 0 Å². The molecule has 112 valence electrons. The summed E-state index contributed by atoms with van der Waals surface area (Å²) < 4.78 is 2.29. The highest BCUT2D eigenvalue weighted by molar-refractivity contribution is 7.98. The Labute approximate surface area is 131 Å². The second-order valence-corrected chi connectivity index (χ2v) is 6.62. The predicted molar refractivity (Wildman–Crippen MR) is 89.7 cm³/mol. The number of aryl methyl sites for hydroxylation is 1. The highest BCUT2D eigenvalue weighted by atomic mass is 32.2. The summed E-state index contributed by atoms with van der Waals surface area (Å²) in [5.41, 5.74) is 1.21. The molecular formula is C17H23N3S. The fraction of sp³-hybridized carbons (Fsp3) is 0.471. The van der Waals surface area contributed by atoms with Crippen LogP contribution in [0.3, 0.4) is 0 Å². The maximum absolute atomic E-state index is 4.55. The lowest BCUT2D eigenvalue weighted by molar-refractivity contribution is 0.286. The van der Waals surface area contributed by atoms with Crippen LogP contribution >= 0.6 is 11.8 Å². The minimum atomic E-state index is 0.735. The average molecular weight is 301 g/mol. The Morgan fingerprint density at radius 3 is 2.76 bits per heavy atom. The van der Waals surface area contributed by atoms with E-state index in [0.29, 0.717) is 0 Å². The van der Waals surface area contributed by atoms with Crippen molar-refractivity contribution in [2.45, 2.75) is 36.7 Å². The molecule has 1 aliphatic heterocycles. The third-order valence-corrected chi connectivity index (χ3v) is 5.18. The minimum Gasteiger partial charge on any atom is -0.331 e. The van der Waals surface area contributed by atoms with E-state index >= 15 is 0 Å². The number of nitrogens with zero attached hydrogens (tertiary/aromatic N) is 3. The van der Waals surface area contributed by atoms with Crippen molar-refractivity contribution in [3.05, 3.63) is 36.7 Å². The summed E-state index contributed by atoms with van der Waals surface area (Å²) in [6.45, 7) is 2.30. The number of likely N-dealkylation sites (tertiary alicyclic amines) is 1. The number of thioether (sulfide) groups is 1. The third kappa shape index (κ3) is 3.33. The Hall–Kier alpha value is -1.26. The van der Waals surface area contributed by atoms with Gasteiger partial charge in [-0.1, -0.05) is 12.1 Å². The van der Waals surface area contributed by atoms with E-state index in [9.17, 15) is 0 Å². The normalized spacial score (nSPS) is 19.2. The van der Waals surface area contributed by atoms with Crippen molar-refractivity contribution in [3.63, 3.8) is 0 Å². The Balaban J connectivity index is 1.70. The van der Waals surface area contributed by atoms with Crippen molar-refractivity contribution in [3.8, 4) is 11.4 Å². The molecule has 3 rings (SSSR count). The molecule has 3 nitrogen and oxygen atoms in total. The van der Waals surface area contributed by atoms with Gasteiger partial charge in [-0.05, 0) is 51.2 Å². The molecule has 1 fully saturated rings. The molecule has 1 aromatic carbocycles. The van der Waals surface area contributed by atoms with Crippen molar-refractivity contribution in [2.24, 2.45) is 0 Å². The summed E-state index contributed by atoms with van der Waals surface area (Å²) in [5, 5.41) is 0. The molecule has 1 aliphatic rings. The van der Waals surface area contributed by atoms with Crippen molar-refractivity contribution in [2.75, 3.05) is 19.8 Å². The van der Waals surface area contributed by atoms with Crippen LogP contribution in [0.5, 0.6) is 0 Å².